The highest BCUT2D eigenvalue weighted by Crippen LogP contribution is 2.28. The molecule has 0 radical (unpaired) electrons. The maximum atomic E-state index is 10.7. The number of phenolic OH excluding ortho intramolecular Hbond substituents is 1. The van der Waals surface area contributed by atoms with E-state index in [0.29, 0.717) is 24.3 Å². The van der Waals surface area contributed by atoms with E-state index in [4.69, 9.17) is 0 Å². The number of aromatic hydroxyl groups is 1. The van der Waals surface area contributed by atoms with Gasteiger partial charge in [-0.2, -0.15) is 0 Å². The number of β-amino-alcohol motifs (C(OH)–C–C–N with tert-alkyl or cyclic N) is 1. The predicted octanol–water partition coefficient (Wildman–Crippen LogP) is 3.33. The van der Waals surface area contributed by atoms with Crippen LogP contribution in [0.2, 0.25) is 0 Å². The number of hydrogen-bond donors (Lipinski definition) is 4. The molecule has 26 heavy (non-hydrogen) atoms. The molecule has 4 N–H and O–H groups in total. The third-order valence-corrected chi connectivity index (χ3v) is 3.86. The number of rotatable bonds is 7. The molecule has 7 heteroatoms. The summed E-state index contributed by atoms with van der Waals surface area (Å²) in [6.07, 6.45) is -0.699. The first-order valence-corrected chi connectivity index (χ1v) is 8.39. The maximum absolute atomic E-state index is 10.7. The quantitative estimate of drug-likeness (QED) is 0.343. The van der Waals surface area contributed by atoms with Crippen LogP contribution < -0.4 is 10.6 Å². The zero-order chi connectivity index (χ0) is 19.3. The van der Waals surface area contributed by atoms with Gasteiger partial charge in [-0.25, -0.2) is 0 Å². The number of benzene rings is 2. The lowest BCUT2D eigenvalue weighted by atomic mass is 10.1. The van der Waals surface area contributed by atoms with E-state index in [1.165, 1.54) is 18.2 Å². The first kappa shape index (κ1) is 19.7. The summed E-state index contributed by atoms with van der Waals surface area (Å²) in [5, 5.41) is 37.4. The minimum absolute atomic E-state index is 0.0352. The molecule has 0 aliphatic carbocycles. The topological polar surface area (TPSA) is 108 Å². The van der Waals surface area contributed by atoms with Crippen molar-refractivity contribution in [2.75, 3.05) is 11.9 Å². The van der Waals surface area contributed by atoms with E-state index < -0.39 is 11.0 Å². The van der Waals surface area contributed by atoms with Crippen LogP contribution in [0.4, 0.5) is 11.4 Å². The molecule has 0 saturated carbocycles. The number of phenols is 1. The molecule has 1 atom stereocenters. The maximum Gasteiger partial charge on any atom is 0.269 e. The minimum atomic E-state index is -0.699. The Hall–Kier alpha value is -2.64. The van der Waals surface area contributed by atoms with E-state index in [-0.39, 0.29) is 17.0 Å². The van der Waals surface area contributed by atoms with E-state index in [1.54, 1.807) is 24.3 Å². The monoisotopic (exact) mass is 359 g/mol. The third kappa shape index (κ3) is 5.72. The van der Waals surface area contributed by atoms with Crippen LogP contribution in [-0.2, 0) is 6.54 Å². The van der Waals surface area contributed by atoms with Crippen molar-refractivity contribution in [3.05, 3.63) is 63.7 Å². The van der Waals surface area contributed by atoms with Gasteiger partial charge in [-0.15, -0.1) is 0 Å². The summed E-state index contributed by atoms with van der Waals surface area (Å²) in [7, 11) is 0. The summed E-state index contributed by atoms with van der Waals surface area (Å²) in [4.78, 5) is 10.2. The Bertz CT molecular complexity index is 754. The van der Waals surface area contributed by atoms with E-state index in [2.05, 4.69) is 10.6 Å². The van der Waals surface area contributed by atoms with Gasteiger partial charge in [0.05, 0.1) is 16.7 Å². The van der Waals surface area contributed by atoms with Crippen LogP contribution in [0.3, 0.4) is 0 Å². The molecule has 140 valence electrons. The fourth-order valence-corrected chi connectivity index (χ4v) is 2.36. The summed E-state index contributed by atoms with van der Waals surface area (Å²) in [6, 6.07) is 11.1. The number of nitro benzene ring substituents is 1. The first-order valence-electron chi connectivity index (χ1n) is 8.39. The smallest absolute Gasteiger partial charge is 0.269 e. The van der Waals surface area contributed by atoms with Crippen molar-refractivity contribution in [2.45, 2.75) is 39.0 Å². The molecule has 0 fully saturated rings. The Morgan fingerprint density at radius 1 is 1.15 bits per heavy atom. The van der Waals surface area contributed by atoms with Crippen molar-refractivity contribution >= 4 is 11.4 Å². The van der Waals surface area contributed by atoms with Crippen molar-refractivity contribution in [1.29, 1.82) is 0 Å². The third-order valence-electron chi connectivity index (χ3n) is 3.86. The Morgan fingerprint density at radius 3 is 2.38 bits per heavy atom. The van der Waals surface area contributed by atoms with Crippen molar-refractivity contribution in [2.24, 2.45) is 0 Å². The number of nitrogens with zero attached hydrogens (tertiary/aromatic N) is 1. The van der Waals surface area contributed by atoms with E-state index in [1.807, 2.05) is 20.8 Å². The zero-order valence-electron chi connectivity index (χ0n) is 15.2. The highest BCUT2D eigenvalue weighted by molar-refractivity contribution is 5.58. The van der Waals surface area contributed by atoms with Crippen LogP contribution in [0.25, 0.3) is 0 Å². The Kier molecular flexibility index (Phi) is 6.18. The molecule has 0 spiro atoms. The molecule has 2 rings (SSSR count). The SMILES string of the molecule is CC(C)(C)NCC(O)c1ccc(O)c(NCc2ccc([N+](=O)[O-])cc2)c1. The van der Waals surface area contributed by atoms with Crippen LogP contribution >= 0.6 is 0 Å². The molecular formula is C19H25N3O4. The normalized spacial score (nSPS) is 12.6. The summed E-state index contributed by atoms with van der Waals surface area (Å²) >= 11 is 0. The second-order valence-electron chi connectivity index (χ2n) is 7.20. The lowest BCUT2D eigenvalue weighted by Crippen LogP contribution is -2.38. The molecule has 0 heterocycles. The average molecular weight is 359 g/mol. The number of aliphatic hydroxyl groups excluding tert-OH is 1. The van der Waals surface area contributed by atoms with Gasteiger partial charge < -0.3 is 20.8 Å². The number of hydrogen-bond acceptors (Lipinski definition) is 6. The van der Waals surface area contributed by atoms with Crippen molar-refractivity contribution in [1.82, 2.24) is 5.32 Å². The summed E-state index contributed by atoms with van der Waals surface area (Å²) in [5.41, 5.74) is 1.96. The lowest BCUT2D eigenvalue weighted by Gasteiger charge is -2.23. The average Bonchev–Trinajstić information content (AvgIpc) is 2.58. The fourth-order valence-electron chi connectivity index (χ4n) is 2.36. The molecule has 0 aliphatic rings. The van der Waals surface area contributed by atoms with Crippen molar-refractivity contribution in [3.63, 3.8) is 0 Å². The van der Waals surface area contributed by atoms with Crippen LogP contribution in [0.1, 0.15) is 38.0 Å². The van der Waals surface area contributed by atoms with E-state index in [9.17, 15) is 20.3 Å². The predicted molar refractivity (Wildman–Crippen MR) is 101 cm³/mol. The minimum Gasteiger partial charge on any atom is -0.506 e. The zero-order valence-corrected chi connectivity index (χ0v) is 15.2. The molecule has 7 nitrogen and oxygen atoms in total. The van der Waals surface area contributed by atoms with Crippen LogP contribution in [-0.4, -0.2) is 27.2 Å². The molecule has 0 amide bonds. The summed E-state index contributed by atoms with van der Waals surface area (Å²) in [6.45, 7) is 6.86. The summed E-state index contributed by atoms with van der Waals surface area (Å²) in [5.74, 6) is 0.0756. The largest absolute Gasteiger partial charge is 0.506 e. The van der Waals surface area contributed by atoms with E-state index >= 15 is 0 Å². The van der Waals surface area contributed by atoms with Gasteiger partial charge in [0.2, 0.25) is 0 Å². The second-order valence-corrected chi connectivity index (χ2v) is 7.20. The molecule has 2 aromatic carbocycles. The van der Waals surface area contributed by atoms with Gasteiger partial charge in [0, 0.05) is 30.8 Å². The molecule has 0 bridgehead atoms. The van der Waals surface area contributed by atoms with Gasteiger partial charge in [-0.05, 0) is 44.0 Å². The number of nitro groups is 1. The van der Waals surface area contributed by atoms with Gasteiger partial charge in [-0.1, -0.05) is 18.2 Å². The summed E-state index contributed by atoms with van der Waals surface area (Å²) < 4.78 is 0. The van der Waals surface area contributed by atoms with Crippen LogP contribution in [0.5, 0.6) is 5.75 Å². The Morgan fingerprint density at radius 2 is 1.81 bits per heavy atom. The van der Waals surface area contributed by atoms with Gasteiger partial charge in [0.1, 0.15) is 5.75 Å². The number of nitrogens with one attached hydrogen (secondary N) is 2. The highest BCUT2D eigenvalue weighted by atomic mass is 16.6. The van der Waals surface area contributed by atoms with Gasteiger partial charge >= 0.3 is 0 Å². The van der Waals surface area contributed by atoms with Crippen LogP contribution in [0, 0.1) is 10.1 Å². The molecule has 2 aromatic rings. The van der Waals surface area contributed by atoms with Gasteiger partial charge in [-0.3, -0.25) is 10.1 Å². The molecular weight excluding hydrogens is 334 g/mol. The first-order chi connectivity index (χ1) is 12.2. The number of aliphatic hydroxyl groups is 1. The number of anilines is 1. The van der Waals surface area contributed by atoms with E-state index in [0.717, 1.165) is 5.56 Å². The Labute approximate surface area is 152 Å². The van der Waals surface area contributed by atoms with Crippen molar-refractivity contribution < 1.29 is 15.1 Å². The van der Waals surface area contributed by atoms with Crippen molar-refractivity contribution in [3.8, 4) is 5.75 Å². The lowest BCUT2D eigenvalue weighted by molar-refractivity contribution is -0.384. The Balaban J connectivity index is 2.03. The molecule has 0 saturated heterocycles. The molecule has 0 aromatic heterocycles. The van der Waals surface area contributed by atoms with Crippen LogP contribution in [0.15, 0.2) is 42.5 Å². The standard InChI is InChI=1S/C19H25N3O4/c1-19(2,3)21-12-18(24)14-6-9-17(23)16(10-14)20-11-13-4-7-15(8-5-13)22(25)26/h4-10,18,20-21,23-24H,11-12H2,1-3H3. The highest BCUT2D eigenvalue weighted by Gasteiger charge is 2.15. The second kappa shape index (κ2) is 8.16. The van der Waals surface area contributed by atoms with Gasteiger partial charge in [0.25, 0.3) is 5.69 Å². The number of non-ortho nitro benzene ring substituents is 1. The molecule has 1 unspecified atom stereocenters. The fraction of sp³-hybridized carbons (Fsp3) is 0.368. The molecule has 0 aliphatic heterocycles. The van der Waals surface area contributed by atoms with Gasteiger partial charge in [0.15, 0.2) is 0 Å².